The van der Waals surface area contributed by atoms with Crippen molar-refractivity contribution >= 4 is 21.6 Å². The van der Waals surface area contributed by atoms with Gasteiger partial charge in [-0.2, -0.15) is 0 Å². The first kappa shape index (κ1) is 17.7. The van der Waals surface area contributed by atoms with Crippen LogP contribution in [0.3, 0.4) is 0 Å². The second kappa shape index (κ2) is 7.72. The molecule has 2 rings (SSSR count). The number of carbonyl (C=O) groups excluding carboxylic acids is 1. The molecule has 0 spiro atoms. The van der Waals surface area contributed by atoms with Gasteiger partial charge >= 0.3 is 0 Å². The molecule has 7 nitrogen and oxygen atoms in total. The number of sulfone groups is 1. The highest BCUT2D eigenvalue weighted by atomic mass is 32.2. The molecule has 1 aliphatic rings. The zero-order valence-corrected chi connectivity index (χ0v) is 14.5. The number of anilines is 1. The predicted molar refractivity (Wildman–Crippen MR) is 89.2 cm³/mol. The normalized spacial score (nSPS) is 19.5. The van der Waals surface area contributed by atoms with Gasteiger partial charge in [-0.15, -0.1) is 0 Å². The molecule has 1 unspecified atom stereocenters. The van der Waals surface area contributed by atoms with Crippen LogP contribution in [0.15, 0.2) is 12.4 Å². The standard InChI is InChI=1S/C15H24N4O3S/c1-3-4-5-7-16-14-9-13(17-11-18-14)15(20)19(2)12-6-8-23(21,22)10-12/h9,11-12H,3-8,10H2,1-2H3,(H,16,17,18). The van der Waals surface area contributed by atoms with Crippen molar-refractivity contribution in [3.63, 3.8) is 0 Å². The van der Waals surface area contributed by atoms with Gasteiger partial charge in [-0.05, 0) is 12.8 Å². The third-order valence-electron chi connectivity index (χ3n) is 4.05. The molecule has 128 valence electrons. The van der Waals surface area contributed by atoms with Crippen LogP contribution in [0.4, 0.5) is 5.82 Å². The SMILES string of the molecule is CCCCCNc1cc(C(=O)N(C)C2CCS(=O)(=O)C2)ncn1. The Kier molecular flexibility index (Phi) is 5.92. The summed E-state index contributed by atoms with van der Waals surface area (Å²) in [5.41, 5.74) is 0.282. The summed E-state index contributed by atoms with van der Waals surface area (Å²) in [5.74, 6) is 0.518. The molecule has 2 heterocycles. The largest absolute Gasteiger partial charge is 0.370 e. The minimum Gasteiger partial charge on any atom is -0.370 e. The molecule has 1 aromatic rings. The Balaban J connectivity index is 1.99. The van der Waals surface area contributed by atoms with E-state index in [1.165, 1.54) is 11.2 Å². The van der Waals surface area contributed by atoms with Gasteiger partial charge in [0.15, 0.2) is 9.84 Å². The summed E-state index contributed by atoms with van der Waals surface area (Å²) in [5, 5.41) is 3.18. The van der Waals surface area contributed by atoms with Crippen LogP contribution in [0.1, 0.15) is 43.1 Å². The van der Waals surface area contributed by atoms with Gasteiger partial charge in [0.25, 0.3) is 5.91 Å². The molecule has 0 aromatic carbocycles. The highest BCUT2D eigenvalue weighted by molar-refractivity contribution is 7.91. The van der Waals surface area contributed by atoms with Crippen LogP contribution in [0.5, 0.6) is 0 Å². The zero-order chi connectivity index (χ0) is 16.9. The van der Waals surface area contributed by atoms with Crippen LogP contribution in [-0.2, 0) is 9.84 Å². The number of amides is 1. The highest BCUT2D eigenvalue weighted by Crippen LogP contribution is 2.18. The number of carbonyl (C=O) groups is 1. The fraction of sp³-hybridized carbons (Fsp3) is 0.667. The van der Waals surface area contributed by atoms with Gasteiger partial charge in [0.2, 0.25) is 0 Å². The van der Waals surface area contributed by atoms with Gasteiger partial charge in [-0.25, -0.2) is 18.4 Å². The van der Waals surface area contributed by atoms with Crippen molar-refractivity contribution in [3.8, 4) is 0 Å². The van der Waals surface area contributed by atoms with Crippen LogP contribution < -0.4 is 5.32 Å². The maximum atomic E-state index is 12.5. The second-order valence-corrected chi connectivity index (χ2v) is 8.12. The molecule has 0 radical (unpaired) electrons. The predicted octanol–water partition coefficient (Wildman–Crippen LogP) is 1.34. The van der Waals surface area contributed by atoms with E-state index in [-0.39, 0.29) is 29.1 Å². The summed E-state index contributed by atoms with van der Waals surface area (Å²) < 4.78 is 23.1. The molecule has 1 aromatic heterocycles. The molecule has 0 bridgehead atoms. The third kappa shape index (κ3) is 4.89. The van der Waals surface area contributed by atoms with Crippen molar-refractivity contribution in [1.29, 1.82) is 0 Å². The molecule has 1 fully saturated rings. The molecule has 1 N–H and O–H groups in total. The van der Waals surface area contributed by atoms with Gasteiger partial charge < -0.3 is 10.2 Å². The van der Waals surface area contributed by atoms with Gasteiger partial charge in [0, 0.05) is 25.7 Å². The van der Waals surface area contributed by atoms with Gasteiger partial charge in [-0.3, -0.25) is 4.79 Å². The molecule has 0 aliphatic carbocycles. The van der Waals surface area contributed by atoms with Crippen LogP contribution in [0.25, 0.3) is 0 Å². The van der Waals surface area contributed by atoms with Crippen LogP contribution in [0, 0.1) is 0 Å². The smallest absolute Gasteiger partial charge is 0.272 e. The quantitative estimate of drug-likeness (QED) is 0.753. The van der Waals surface area contributed by atoms with Crippen molar-refractivity contribution in [1.82, 2.24) is 14.9 Å². The Labute approximate surface area is 137 Å². The van der Waals surface area contributed by atoms with Gasteiger partial charge in [-0.1, -0.05) is 19.8 Å². The van der Waals surface area contributed by atoms with E-state index in [9.17, 15) is 13.2 Å². The van der Waals surface area contributed by atoms with E-state index in [2.05, 4.69) is 22.2 Å². The topological polar surface area (TPSA) is 92.3 Å². The fourth-order valence-electron chi connectivity index (χ4n) is 2.59. The Morgan fingerprint density at radius 2 is 2.17 bits per heavy atom. The molecule has 1 aliphatic heterocycles. The maximum Gasteiger partial charge on any atom is 0.272 e. The van der Waals surface area contributed by atoms with Gasteiger partial charge in [0.1, 0.15) is 17.8 Å². The van der Waals surface area contributed by atoms with Crippen molar-refractivity contribution in [2.24, 2.45) is 0 Å². The Bertz CT molecular complexity index is 648. The first-order valence-electron chi connectivity index (χ1n) is 7.96. The van der Waals surface area contributed by atoms with E-state index in [4.69, 9.17) is 0 Å². The van der Waals surface area contributed by atoms with Crippen molar-refractivity contribution in [2.75, 3.05) is 30.4 Å². The first-order chi connectivity index (χ1) is 10.9. The van der Waals surface area contributed by atoms with E-state index in [1.54, 1.807) is 13.1 Å². The highest BCUT2D eigenvalue weighted by Gasteiger charge is 2.33. The number of rotatable bonds is 7. The van der Waals surface area contributed by atoms with Crippen molar-refractivity contribution in [2.45, 2.75) is 38.6 Å². The molecular formula is C15H24N4O3S. The van der Waals surface area contributed by atoms with E-state index in [1.807, 2.05) is 0 Å². The summed E-state index contributed by atoms with van der Waals surface area (Å²) >= 11 is 0. The molecule has 0 saturated carbocycles. The number of nitrogens with zero attached hydrogens (tertiary/aromatic N) is 3. The molecule has 23 heavy (non-hydrogen) atoms. The summed E-state index contributed by atoms with van der Waals surface area (Å²) in [6.07, 6.45) is 5.17. The maximum absolute atomic E-state index is 12.5. The van der Waals surface area contributed by atoms with E-state index in [0.717, 1.165) is 25.8 Å². The Morgan fingerprint density at radius 1 is 1.39 bits per heavy atom. The Hall–Kier alpha value is -1.70. The van der Waals surface area contributed by atoms with Crippen molar-refractivity contribution < 1.29 is 13.2 Å². The van der Waals surface area contributed by atoms with Gasteiger partial charge in [0.05, 0.1) is 11.5 Å². The van der Waals surface area contributed by atoms with E-state index < -0.39 is 9.84 Å². The lowest BCUT2D eigenvalue weighted by Crippen LogP contribution is -2.38. The molecule has 1 atom stereocenters. The first-order valence-corrected chi connectivity index (χ1v) is 9.78. The number of unbranched alkanes of at least 4 members (excludes halogenated alkanes) is 2. The fourth-order valence-corrected chi connectivity index (χ4v) is 4.36. The summed E-state index contributed by atoms with van der Waals surface area (Å²) in [6.45, 7) is 2.94. The molecule has 8 heteroatoms. The summed E-state index contributed by atoms with van der Waals surface area (Å²) in [7, 11) is -1.39. The minimum absolute atomic E-state index is 0.0302. The van der Waals surface area contributed by atoms with E-state index in [0.29, 0.717) is 12.2 Å². The average molecular weight is 340 g/mol. The number of aromatic nitrogens is 2. The van der Waals surface area contributed by atoms with E-state index >= 15 is 0 Å². The summed E-state index contributed by atoms with van der Waals surface area (Å²) in [6, 6.07) is 1.34. The lowest BCUT2D eigenvalue weighted by atomic mass is 10.2. The average Bonchev–Trinajstić information content (AvgIpc) is 2.90. The number of hydrogen-bond acceptors (Lipinski definition) is 6. The third-order valence-corrected chi connectivity index (χ3v) is 5.80. The number of nitrogens with one attached hydrogen (secondary N) is 1. The molecular weight excluding hydrogens is 316 g/mol. The summed E-state index contributed by atoms with van der Waals surface area (Å²) in [4.78, 5) is 22.1. The molecule has 1 amide bonds. The van der Waals surface area contributed by atoms with Crippen LogP contribution in [0.2, 0.25) is 0 Å². The lowest BCUT2D eigenvalue weighted by Gasteiger charge is -2.23. The lowest BCUT2D eigenvalue weighted by molar-refractivity contribution is 0.0741. The Morgan fingerprint density at radius 3 is 2.83 bits per heavy atom. The minimum atomic E-state index is -3.02. The van der Waals surface area contributed by atoms with Crippen LogP contribution >= 0.6 is 0 Å². The van der Waals surface area contributed by atoms with Crippen LogP contribution in [-0.4, -0.2) is 60.3 Å². The molecule has 1 saturated heterocycles. The van der Waals surface area contributed by atoms with Crippen molar-refractivity contribution in [3.05, 3.63) is 18.1 Å². The second-order valence-electron chi connectivity index (χ2n) is 5.90. The number of hydrogen-bond donors (Lipinski definition) is 1. The monoisotopic (exact) mass is 340 g/mol. The zero-order valence-electron chi connectivity index (χ0n) is 13.7.